The number of fused-ring (bicyclic) bond motifs is 2. The van der Waals surface area contributed by atoms with Crippen molar-refractivity contribution in [1.29, 1.82) is 0 Å². The molecule has 3 nitrogen and oxygen atoms in total. The summed E-state index contributed by atoms with van der Waals surface area (Å²) in [7, 11) is 0. The van der Waals surface area contributed by atoms with Crippen molar-refractivity contribution >= 4 is 21.7 Å². The number of pyridine rings is 1. The summed E-state index contributed by atoms with van der Waals surface area (Å²) in [5, 5.41) is 3.40. The topological polar surface area (TPSA) is 38.7 Å². The second-order valence-electron chi connectivity index (χ2n) is 7.76. The van der Waals surface area contributed by atoms with Crippen LogP contribution in [0.5, 0.6) is 0 Å². The summed E-state index contributed by atoms with van der Waals surface area (Å²) >= 11 is 0. The summed E-state index contributed by atoms with van der Waals surface area (Å²) in [5.74, 6) is 0.739. The van der Waals surface area contributed by atoms with Crippen LogP contribution in [0.2, 0.25) is 0 Å². The molecule has 2 aromatic heterocycles. The molecule has 0 saturated carbocycles. The monoisotopic (exact) mass is 409 g/mol. The molecule has 150 valence electrons. The largest absolute Gasteiger partial charge is 0.264 e. The zero-order chi connectivity index (χ0) is 21.3. The molecule has 0 bridgehead atoms. The van der Waals surface area contributed by atoms with E-state index in [0.29, 0.717) is 0 Å². The number of hydrogen-bond donors (Lipinski definition) is 0. The molecule has 0 spiro atoms. The molecule has 0 aliphatic rings. The van der Waals surface area contributed by atoms with Gasteiger partial charge in [-0.2, -0.15) is 0 Å². The molecule has 4 aromatic carbocycles. The Kier molecular flexibility index (Phi) is 4.43. The fourth-order valence-corrected chi connectivity index (χ4v) is 4.19. The molecule has 6 aromatic rings. The van der Waals surface area contributed by atoms with Crippen LogP contribution in [0.3, 0.4) is 0 Å². The minimum Gasteiger partial charge on any atom is -0.264 e. The average Bonchev–Trinajstić information content (AvgIpc) is 2.88. The van der Waals surface area contributed by atoms with Gasteiger partial charge in [-0.3, -0.25) is 4.98 Å². The summed E-state index contributed by atoms with van der Waals surface area (Å²) < 4.78 is 0. The van der Waals surface area contributed by atoms with E-state index in [9.17, 15) is 0 Å². The van der Waals surface area contributed by atoms with Crippen molar-refractivity contribution in [3.05, 3.63) is 116 Å². The molecule has 3 heteroatoms. The van der Waals surface area contributed by atoms with E-state index < -0.39 is 0 Å². The predicted molar refractivity (Wildman–Crippen MR) is 131 cm³/mol. The third kappa shape index (κ3) is 3.21. The molecule has 0 saturated heterocycles. The number of hydrogen-bond acceptors (Lipinski definition) is 3. The van der Waals surface area contributed by atoms with E-state index in [2.05, 4.69) is 53.5 Å². The van der Waals surface area contributed by atoms with Crippen LogP contribution in [0.1, 0.15) is 0 Å². The molecule has 0 aliphatic heterocycles. The van der Waals surface area contributed by atoms with E-state index in [1.54, 1.807) is 0 Å². The number of nitrogens with zero attached hydrogens (tertiary/aromatic N) is 3. The van der Waals surface area contributed by atoms with Gasteiger partial charge in [-0.1, -0.05) is 91.0 Å². The molecular formula is C29H19N3. The van der Waals surface area contributed by atoms with Crippen LogP contribution < -0.4 is 0 Å². The van der Waals surface area contributed by atoms with Gasteiger partial charge < -0.3 is 0 Å². The molecule has 0 amide bonds. The summed E-state index contributed by atoms with van der Waals surface area (Å²) in [6.07, 6.45) is 3.77. The van der Waals surface area contributed by atoms with Gasteiger partial charge in [-0.15, -0.1) is 0 Å². The van der Waals surface area contributed by atoms with Gasteiger partial charge in [-0.05, 0) is 28.6 Å². The highest BCUT2D eigenvalue weighted by Crippen LogP contribution is 2.32. The molecule has 0 N–H and O–H groups in total. The molecule has 6 rings (SSSR count). The molecule has 32 heavy (non-hydrogen) atoms. The Hall–Kier alpha value is -4.37. The van der Waals surface area contributed by atoms with Crippen LogP contribution in [0.4, 0.5) is 0 Å². The number of para-hydroxylation sites is 1. The van der Waals surface area contributed by atoms with Crippen LogP contribution in [-0.4, -0.2) is 15.0 Å². The fraction of sp³-hybridized carbons (Fsp3) is 0. The van der Waals surface area contributed by atoms with E-state index >= 15 is 0 Å². The molecule has 0 radical (unpaired) electrons. The van der Waals surface area contributed by atoms with E-state index in [4.69, 9.17) is 9.97 Å². The normalized spacial score (nSPS) is 11.1. The van der Waals surface area contributed by atoms with Crippen LogP contribution in [0.25, 0.3) is 55.4 Å². The van der Waals surface area contributed by atoms with Gasteiger partial charge in [0, 0.05) is 34.3 Å². The standard InChI is InChI=1S/C29H19N3/c1-2-7-23(8-3-1)29-31-27-12-5-4-10-25(27)28(32-29)22-15-13-21(14-16-22)24-11-6-9-20-17-18-30-19-26(20)24/h1-19H. The van der Waals surface area contributed by atoms with Crippen LogP contribution in [0.15, 0.2) is 116 Å². The highest BCUT2D eigenvalue weighted by molar-refractivity contribution is 5.97. The summed E-state index contributed by atoms with van der Waals surface area (Å²) in [4.78, 5) is 14.1. The Bertz CT molecular complexity index is 1550. The van der Waals surface area contributed by atoms with Crippen molar-refractivity contribution in [3.63, 3.8) is 0 Å². The first-order chi connectivity index (χ1) is 15.9. The number of aromatic nitrogens is 3. The maximum atomic E-state index is 4.97. The lowest BCUT2D eigenvalue weighted by molar-refractivity contribution is 1.23. The Labute approximate surface area is 186 Å². The van der Waals surface area contributed by atoms with Gasteiger partial charge >= 0.3 is 0 Å². The van der Waals surface area contributed by atoms with E-state index in [1.807, 2.05) is 67.0 Å². The van der Waals surface area contributed by atoms with E-state index in [0.717, 1.165) is 44.5 Å². The van der Waals surface area contributed by atoms with Gasteiger partial charge in [0.25, 0.3) is 0 Å². The van der Waals surface area contributed by atoms with E-state index in [-0.39, 0.29) is 0 Å². The maximum absolute atomic E-state index is 4.97. The summed E-state index contributed by atoms with van der Waals surface area (Å²) in [6.45, 7) is 0. The van der Waals surface area contributed by atoms with Crippen LogP contribution in [-0.2, 0) is 0 Å². The summed E-state index contributed by atoms with van der Waals surface area (Å²) in [6, 6.07) is 35.3. The molecule has 0 atom stereocenters. The second-order valence-corrected chi connectivity index (χ2v) is 7.76. The van der Waals surface area contributed by atoms with Crippen molar-refractivity contribution in [2.24, 2.45) is 0 Å². The predicted octanol–water partition coefficient (Wildman–Crippen LogP) is 7.18. The Morgan fingerprint density at radius 3 is 2.16 bits per heavy atom. The quantitative estimate of drug-likeness (QED) is 0.311. The lowest BCUT2D eigenvalue weighted by Crippen LogP contribution is -1.95. The SMILES string of the molecule is c1ccc(-c2nc(-c3ccc(-c4cccc5ccncc45)cc3)c3ccccc3n2)cc1. The third-order valence-electron chi connectivity index (χ3n) is 5.79. The van der Waals surface area contributed by atoms with Gasteiger partial charge in [0.15, 0.2) is 5.82 Å². The average molecular weight is 409 g/mol. The lowest BCUT2D eigenvalue weighted by Gasteiger charge is -2.11. The molecule has 0 fully saturated rings. The first-order valence-corrected chi connectivity index (χ1v) is 10.6. The molecule has 0 aliphatic carbocycles. The minimum atomic E-state index is 0.739. The van der Waals surface area contributed by atoms with Gasteiger partial charge in [0.05, 0.1) is 11.2 Å². The van der Waals surface area contributed by atoms with Crippen molar-refractivity contribution < 1.29 is 0 Å². The highest BCUT2D eigenvalue weighted by Gasteiger charge is 2.12. The zero-order valence-electron chi connectivity index (χ0n) is 17.3. The molecular weight excluding hydrogens is 390 g/mol. The Balaban J connectivity index is 1.49. The van der Waals surface area contributed by atoms with Gasteiger partial charge in [0.1, 0.15) is 0 Å². The first kappa shape index (κ1) is 18.4. The maximum Gasteiger partial charge on any atom is 0.160 e. The first-order valence-electron chi connectivity index (χ1n) is 10.6. The van der Waals surface area contributed by atoms with Crippen molar-refractivity contribution in [3.8, 4) is 33.8 Å². The van der Waals surface area contributed by atoms with Crippen molar-refractivity contribution in [2.75, 3.05) is 0 Å². The molecule has 2 heterocycles. The Morgan fingerprint density at radius 1 is 0.500 bits per heavy atom. The van der Waals surface area contributed by atoms with Crippen molar-refractivity contribution in [1.82, 2.24) is 15.0 Å². The zero-order valence-corrected chi connectivity index (χ0v) is 17.3. The Morgan fingerprint density at radius 2 is 1.28 bits per heavy atom. The van der Waals surface area contributed by atoms with Crippen LogP contribution >= 0.6 is 0 Å². The number of benzene rings is 4. The molecule has 0 unspecified atom stereocenters. The lowest BCUT2D eigenvalue weighted by atomic mass is 9.97. The smallest absolute Gasteiger partial charge is 0.160 e. The van der Waals surface area contributed by atoms with E-state index in [1.165, 1.54) is 10.9 Å². The fourth-order valence-electron chi connectivity index (χ4n) is 4.19. The van der Waals surface area contributed by atoms with Crippen molar-refractivity contribution in [2.45, 2.75) is 0 Å². The highest BCUT2D eigenvalue weighted by atomic mass is 14.9. The van der Waals surface area contributed by atoms with Crippen LogP contribution in [0, 0.1) is 0 Å². The summed E-state index contributed by atoms with van der Waals surface area (Å²) in [5.41, 5.74) is 6.32. The number of rotatable bonds is 3. The van der Waals surface area contributed by atoms with Gasteiger partial charge in [-0.25, -0.2) is 9.97 Å². The second kappa shape index (κ2) is 7.71. The minimum absolute atomic E-state index is 0.739. The van der Waals surface area contributed by atoms with Gasteiger partial charge in [0.2, 0.25) is 0 Å². The third-order valence-corrected chi connectivity index (χ3v) is 5.79.